The summed E-state index contributed by atoms with van der Waals surface area (Å²) in [5, 5.41) is 4.35. The normalized spacial score (nSPS) is 29.8. The molecule has 8 heavy (non-hydrogen) atoms. The fraction of sp³-hybridized carbons (Fsp3) is 0.750. The van der Waals surface area contributed by atoms with E-state index < -0.39 is 0 Å². The molecule has 1 aliphatic rings. The molecule has 0 aromatic heterocycles. The molecule has 4 heteroatoms. The Morgan fingerprint density at radius 2 is 2.38 bits per heavy atom. The number of urea groups is 1. The van der Waals surface area contributed by atoms with Gasteiger partial charge in [0.05, 0.1) is 6.17 Å². The molecule has 2 N–H and O–H groups in total. The zero-order chi connectivity index (χ0) is 6.15. The lowest BCUT2D eigenvalue weighted by molar-refractivity contribution is 0.225. The van der Waals surface area contributed by atoms with Gasteiger partial charge in [0.15, 0.2) is 0 Å². The molecule has 1 atom stereocenters. The maximum absolute atomic E-state index is 10.4. The largest absolute Gasteiger partial charge is 0.330 e. The highest BCUT2D eigenvalue weighted by molar-refractivity contribution is 5.75. The predicted octanol–water partition coefficient (Wildman–Crippen LogP) is -0.508. The van der Waals surface area contributed by atoms with Crippen LogP contribution in [0.5, 0.6) is 0 Å². The second-order valence-electron chi connectivity index (χ2n) is 1.87. The number of rotatable bonds is 0. The number of carbonyl (C=O) groups is 1. The molecule has 0 radical (unpaired) electrons. The van der Waals surface area contributed by atoms with Crippen LogP contribution >= 0.6 is 0 Å². The Balaban J connectivity index is 2.51. The van der Waals surface area contributed by atoms with E-state index in [-0.39, 0.29) is 12.2 Å². The van der Waals surface area contributed by atoms with Gasteiger partial charge in [0.2, 0.25) is 0 Å². The lowest BCUT2D eigenvalue weighted by atomic mass is 10.6. The van der Waals surface area contributed by atoms with Gasteiger partial charge in [-0.05, 0) is 6.92 Å². The lowest BCUT2D eigenvalue weighted by Crippen LogP contribution is -2.33. The molecule has 0 aliphatic carbocycles. The van der Waals surface area contributed by atoms with E-state index in [1.165, 1.54) is 0 Å². The van der Waals surface area contributed by atoms with Crippen molar-refractivity contribution in [1.29, 1.82) is 0 Å². The van der Waals surface area contributed by atoms with Crippen molar-refractivity contribution in [2.24, 2.45) is 0 Å². The van der Waals surface area contributed by atoms with E-state index in [2.05, 4.69) is 10.7 Å². The molecule has 0 saturated carbocycles. The van der Waals surface area contributed by atoms with Gasteiger partial charge < -0.3 is 5.32 Å². The maximum Gasteiger partial charge on any atom is 0.330 e. The first-order chi connectivity index (χ1) is 3.70. The van der Waals surface area contributed by atoms with E-state index in [9.17, 15) is 4.79 Å². The van der Waals surface area contributed by atoms with Gasteiger partial charge in [0.1, 0.15) is 0 Å². The molecular formula is C4H9N3O. The third-order valence-corrected chi connectivity index (χ3v) is 1.20. The summed E-state index contributed by atoms with van der Waals surface area (Å²) in [6.07, 6.45) is 0.113. The van der Waals surface area contributed by atoms with E-state index in [0.717, 1.165) is 0 Å². The van der Waals surface area contributed by atoms with Crippen LogP contribution < -0.4 is 10.7 Å². The summed E-state index contributed by atoms with van der Waals surface area (Å²) in [4.78, 5) is 10.4. The van der Waals surface area contributed by atoms with Crippen molar-refractivity contribution >= 4 is 6.03 Å². The van der Waals surface area contributed by atoms with Crippen molar-refractivity contribution in [3.8, 4) is 0 Å². The number of amides is 2. The third-order valence-electron chi connectivity index (χ3n) is 1.20. The van der Waals surface area contributed by atoms with Crippen molar-refractivity contribution in [1.82, 2.24) is 15.8 Å². The first kappa shape index (κ1) is 5.37. The molecule has 0 aromatic carbocycles. The van der Waals surface area contributed by atoms with Crippen molar-refractivity contribution in [3.63, 3.8) is 0 Å². The lowest BCUT2D eigenvalue weighted by Gasteiger charge is -2.10. The first-order valence-corrected chi connectivity index (χ1v) is 2.50. The third kappa shape index (κ3) is 0.742. The summed E-state index contributed by atoms with van der Waals surface area (Å²) in [5.74, 6) is 0. The zero-order valence-corrected chi connectivity index (χ0v) is 4.93. The Hall–Kier alpha value is -0.770. The Labute approximate surface area is 47.8 Å². The van der Waals surface area contributed by atoms with Crippen molar-refractivity contribution in [2.75, 3.05) is 7.05 Å². The molecule has 1 heterocycles. The highest BCUT2D eigenvalue weighted by Gasteiger charge is 2.20. The fourth-order valence-electron chi connectivity index (χ4n) is 0.576. The topological polar surface area (TPSA) is 44.4 Å². The van der Waals surface area contributed by atoms with Crippen molar-refractivity contribution < 1.29 is 4.79 Å². The van der Waals surface area contributed by atoms with E-state index in [0.29, 0.717) is 0 Å². The second kappa shape index (κ2) is 1.63. The zero-order valence-electron chi connectivity index (χ0n) is 4.93. The molecule has 1 unspecified atom stereocenters. The fourth-order valence-corrected chi connectivity index (χ4v) is 0.576. The minimum atomic E-state index is -0.125. The monoisotopic (exact) mass is 115 g/mol. The molecule has 1 aliphatic heterocycles. The van der Waals surface area contributed by atoms with Gasteiger partial charge >= 0.3 is 6.03 Å². The van der Waals surface area contributed by atoms with Gasteiger partial charge in [-0.25, -0.2) is 9.80 Å². The van der Waals surface area contributed by atoms with Crippen LogP contribution in [0, 0.1) is 0 Å². The van der Waals surface area contributed by atoms with E-state index in [1.54, 1.807) is 5.01 Å². The van der Waals surface area contributed by atoms with Gasteiger partial charge in [-0.2, -0.15) is 0 Å². The number of hydrogen-bond acceptors (Lipinski definition) is 2. The predicted molar refractivity (Wildman–Crippen MR) is 28.9 cm³/mol. The Morgan fingerprint density at radius 1 is 1.75 bits per heavy atom. The van der Waals surface area contributed by atoms with Crippen LogP contribution in [0.15, 0.2) is 0 Å². The van der Waals surface area contributed by atoms with E-state index >= 15 is 0 Å². The molecule has 1 fully saturated rings. The second-order valence-corrected chi connectivity index (χ2v) is 1.87. The molecular weight excluding hydrogens is 106 g/mol. The first-order valence-electron chi connectivity index (χ1n) is 2.50. The molecule has 2 amide bonds. The molecule has 46 valence electrons. The van der Waals surface area contributed by atoms with Crippen LogP contribution in [0.3, 0.4) is 0 Å². The van der Waals surface area contributed by atoms with Crippen LogP contribution in [0.4, 0.5) is 4.79 Å². The Kier molecular flexibility index (Phi) is 1.09. The van der Waals surface area contributed by atoms with Crippen LogP contribution in [0.1, 0.15) is 6.92 Å². The molecule has 1 saturated heterocycles. The number of carbonyl (C=O) groups excluding carboxylic acids is 1. The molecule has 0 aromatic rings. The quantitative estimate of drug-likeness (QED) is 0.446. The van der Waals surface area contributed by atoms with E-state index in [1.807, 2.05) is 14.0 Å². The Bertz CT molecular complexity index is 102. The summed E-state index contributed by atoms with van der Waals surface area (Å²) in [5.41, 5.74) is 2.55. The minimum absolute atomic E-state index is 0.113. The molecule has 4 nitrogen and oxygen atoms in total. The summed E-state index contributed by atoms with van der Waals surface area (Å²) in [7, 11) is 1.81. The summed E-state index contributed by atoms with van der Waals surface area (Å²) >= 11 is 0. The Morgan fingerprint density at radius 3 is 2.50 bits per heavy atom. The van der Waals surface area contributed by atoms with Crippen molar-refractivity contribution in [2.45, 2.75) is 13.1 Å². The van der Waals surface area contributed by atoms with Gasteiger partial charge in [0, 0.05) is 7.05 Å². The summed E-state index contributed by atoms with van der Waals surface area (Å²) < 4.78 is 0. The summed E-state index contributed by atoms with van der Waals surface area (Å²) in [6.45, 7) is 1.90. The van der Waals surface area contributed by atoms with Gasteiger partial charge in [-0.3, -0.25) is 5.43 Å². The number of hydrogen-bond donors (Lipinski definition) is 2. The minimum Gasteiger partial charge on any atom is -0.320 e. The highest BCUT2D eigenvalue weighted by atomic mass is 16.2. The number of nitrogens with one attached hydrogen (secondary N) is 2. The molecule has 1 rings (SSSR count). The SMILES string of the molecule is CC1NC(=O)NN1C. The van der Waals surface area contributed by atoms with E-state index in [4.69, 9.17) is 0 Å². The number of nitrogens with zero attached hydrogens (tertiary/aromatic N) is 1. The van der Waals surface area contributed by atoms with Crippen LogP contribution in [-0.2, 0) is 0 Å². The molecule has 0 bridgehead atoms. The standard InChI is InChI=1S/C4H9N3O/c1-3-5-4(8)6-7(3)2/h3H,1-2H3,(H2,5,6,8). The van der Waals surface area contributed by atoms with Gasteiger partial charge in [0.25, 0.3) is 0 Å². The average molecular weight is 115 g/mol. The highest BCUT2D eigenvalue weighted by Crippen LogP contribution is 1.92. The maximum atomic E-state index is 10.4. The number of hydrazine groups is 1. The smallest absolute Gasteiger partial charge is 0.320 e. The van der Waals surface area contributed by atoms with Crippen LogP contribution in [0.25, 0.3) is 0 Å². The summed E-state index contributed by atoms with van der Waals surface area (Å²) in [6, 6.07) is -0.125. The van der Waals surface area contributed by atoms with Crippen LogP contribution in [-0.4, -0.2) is 24.3 Å². The molecule has 0 spiro atoms. The van der Waals surface area contributed by atoms with Gasteiger partial charge in [-0.15, -0.1) is 0 Å². The average Bonchev–Trinajstić information content (AvgIpc) is 1.85. The van der Waals surface area contributed by atoms with Crippen molar-refractivity contribution in [3.05, 3.63) is 0 Å². The van der Waals surface area contributed by atoms with Crippen LogP contribution in [0.2, 0.25) is 0 Å². The van der Waals surface area contributed by atoms with Gasteiger partial charge in [-0.1, -0.05) is 0 Å².